The number of nitrogens with zero attached hydrogens (tertiary/aromatic N) is 2. The van der Waals surface area contributed by atoms with Gasteiger partial charge in [-0.1, -0.05) is 48.5 Å². The molecular formula is C16H14N2O3. The lowest BCUT2D eigenvalue weighted by Crippen LogP contribution is -2.47. The number of benzene rings is 2. The summed E-state index contributed by atoms with van der Waals surface area (Å²) in [6, 6.07) is 15.7. The number of carbonyl (C=O) groups is 1. The van der Waals surface area contributed by atoms with Crippen molar-refractivity contribution in [1.82, 2.24) is 0 Å². The van der Waals surface area contributed by atoms with Crippen LogP contribution in [0.4, 0.5) is 5.69 Å². The molecule has 106 valence electrons. The lowest BCUT2D eigenvalue weighted by Gasteiger charge is -2.30. The van der Waals surface area contributed by atoms with Crippen molar-refractivity contribution in [3.8, 4) is 0 Å². The first-order chi connectivity index (χ1) is 10.2. The maximum absolute atomic E-state index is 12.4. The van der Waals surface area contributed by atoms with E-state index >= 15 is 0 Å². The fourth-order valence-corrected chi connectivity index (χ4v) is 2.63. The van der Waals surface area contributed by atoms with E-state index in [1.165, 1.54) is 4.90 Å². The zero-order valence-electron chi connectivity index (χ0n) is 11.3. The van der Waals surface area contributed by atoms with Gasteiger partial charge in [-0.15, -0.1) is 0 Å². The molecule has 5 nitrogen and oxygen atoms in total. The van der Waals surface area contributed by atoms with Gasteiger partial charge in [0.25, 0.3) is 6.04 Å². The summed E-state index contributed by atoms with van der Waals surface area (Å²) >= 11 is 0. The monoisotopic (exact) mass is 282 g/mol. The van der Waals surface area contributed by atoms with Gasteiger partial charge in [-0.2, -0.15) is 0 Å². The topological polar surface area (TPSA) is 63.4 Å². The molecule has 2 aromatic rings. The summed E-state index contributed by atoms with van der Waals surface area (Å²) in [5, 5.41) is 11.1. The van der Waals surface area contributed by atoms with Crippen LogP contribution in [0.3, 0.4) is 0 Å². The molecule has 1 heterocycles. The van der Waals surface area contributed by atoms with E-state index in [1.54, 1.807) is 0 Å². The van der Waals surface area contributed by atoms with Crippen LogP contribution in [-0.2, 0) is 17.8 Å². The Morgan fingerprint density at radius 3 is 2.48 bits per heavy atom. The molecule has 0 aliphatic carbocycles. The van der Waals surface area contributed by atoms with Crippen LogP contribution in [0.15, 0.2) is 54.6 Å². The highest BCUT2D eigenvalue weighted by Gasteiger charge is 2.40. The van der Waals surface area contributed by atoms with E-state index in [4.69, 9.17) is 0 Å². The summed E-state index contributed by atoms with van der Waals surface area (Å²) in [5.41, 5.74) is 2.56. The highest BCUT2D eigenvalue weighted by molar-refractivity contribution is 5.99. The van der Waals surface area contributed by atoms with E-state index in [-0.39, 0.29) is 6.42 Å². The van der Waals surface area contributed by atoms with Gasteiger partial charge in [-0.3, -0.25) is 14.9 Å². The van der Waals surface area contributed by atoms with Gasteiger partial charge >= 0.3 is 5.91 Å². The number of nitro groups is 1. The molecule has 1 aliphatic rings. The minimum absolute atomic E-state index is 0.160. The third-order valence-corrected chi connectivity index (χ3v) is 3.68. The quantitative estimate of drug-likeness (QED) is 0.641. The molecular weight excluding hydrogens is 268 g/mol. The van der Waals surface area contributed by atoms with Gasteiger partial charge < -0.3 is 4.90 Å². The molecule has 0 saturated carbocycles. The zero-order chi connectivity index (χ0) is 14.8. The molecule has 21 heavy (non-hydrogen) atoms. The first kappa shape index (κ1) is 13.3. The second-order valence-electron chi connectivity index (χ2n) is 5.04. The average molecular weight is 282 g/mol. The van der Waals surface area contributed by atoms with E-state index in [9.17, 15) is 14.9 Å². The Labute approximate surface area is 122 Å². The highest BCUT2D eigenvalue weighted by atomic mass is 16.6. The van der Waals surface area contributed by atoms with Gasteiger partial charge in [-0.25, -0.2) is 0 Å². The summed E-state index contributed by atoms with van der Waals surface area (Å²) in [7, 11) is 0. The minimum Gasteiger partial charge on any atom is -0.302 e. The normalized spacial score (nSPS) is 17.4. The smallest absolute Gasteiger partial charge is 0.302 e. The molecule has 2 aromatic carbocycles. The summed E-state index contributed by atoms with van der Waals surface area (Å²) in [5.74, 6) is -0.442. The molecule has 0 spiro atoms. The van der Waals surface area contributed by atoms with Crippen LogP contribution >= 0.6 is 0 Å². The van der Waals surface area contributed by atoms with Crippen molar-refractivity contribution in [2.24, 2.45) is 0 Å². The van der Waals surface area contributed by atoms with Gasteiger partial charge in [0.2, 0.25) is 0 Å². The van der Waals surface area contributed by atoms with E-state index in [1.807, 2.05) is 54.6 Å². The van der Waals surface area contributed by atoms with Gasteiger partial charge in [0.15, 0.2) is 0 Å². The fraction of sp³-hybridized carbons (Fsp3) is 0.188. The number of para-hydroxylation sites is 1. The Morgan fingerprint density at radius 2 is 1.76 bits per heavy atom. The van der Waals surface area contributed by atoms with Crippen LogP contribution < -0.4 is 4.90 Å². The fourth-order valence-electron chi connectivity index (χ4n) is 2.63. The maximum atomic E-state index is 12.4. The van der Waals surface area contributed by atoms with E-state index in [2.05, 4.69) is 0 Å². The Morgan fingerprint density at radius 1 is 1.10 bits per heavy atom. The summed E-state index contributed by atoms with van der Waals surface area (Å²) in [4.78, 5) is 24.6. The van der Waals surface area contributed by atoms with Crippen LogP contribution in [0.2, 0.25) is 0 Å². The van der Waals surface area contributed by atoms with Crippen LogP contribution in [0.5, 0.6) is 0 Å². The summed E-state index contributed by atoms with van der Waals surface area (Å²) in [6.07, 6.45) is 0.160. The number of hydrogen-bond acceptors (Lipinski definition) is 3. The van der Waals surface area contributed by atoms with E-state index in [0.29, 0.717) is 6.54 Å². The zero-order valence-corrected chi connectivity index (χ0v) is 11.3. The molecule has 1 unspecified atom stereocenters. The van der Waals surface area contributed by atoms with Crippen molar-refractivity contribution in [2.45, 2.75) is 19.0 Å². The molecule has 0 N–H and O–H groups in total. The first-order valence-electron chi connectivity index (χ1n) is 6.73. The van der Waals surface area contributed by atoms with E-state index < -0.39 is 16.9 Å². The third-order valence-electron chi connectivity index (χ3n) is 3.68. The molecule has 3 rings (SSSR count). The van der Waals surface area contributed by atoms with Gasteiger partial charge in [0, 0.05) is 10.6 Å². The number of amides is 1. The van der Waals surface area contributed by atoms with Gasteiger partial charge in [0.1, 0.15) is 0 Å². The van der Waals surface area contributed by atoms with Gasteiger partial charge in [0.05, 0.1) is 13.0 Å². The second kappa shape index (κ2) is 5.36. The van der Waals surface area contributed by atoms with Crippen molar-refractivity contribution < 1.29 is 9.72 Å². The number of carbonyl (C=O) groups excluding carboxylic acids is 1. The molecule has 0 radical (unpaired) electrons. The summed E-state index contributed by atoms with van der Waals surface area (Å²) < 4.78 is 0. The van der Waals surface area contributed by atoms with Crippen molar-refractivity contribution in [1.29, 1.82) is 0 Å². The Balaban J connectivity index is 2.00. The molecule has 0 saturated heterocycles. The van der Waals surface area contributed by atoms with Crippen molar-refractivity contribution in [2.75, 3.05) is 4.90 Å². The molecule has 0 bridgehead atoms. The second-order valence-corrected chi connectivity index (χ2v) is 5.04. The standard InChI is InChI=1S/C16H14N2O3/c19-16-15(18(20)21)10-13-8-4-5-9-14(13)17(16)11-12-6-2-1-3-7-12/h1-9,15H,10-11H2. The SMILES string of the molecule is O=C1C([N+](=O)[O-])Cc2ccccc2N1Cc1ccccc1. The third kappa shape index (κ3) is 2.50. The van der Waals surface area contributed by atoms with Crippen LogP contribution in [-0.4, -0.2) is 16.9 Å². The van der Waals surface area contributed by atoms with Crippen molar-refractivity contribution in [3.05, 3.63) is 75.8 Å². The largest absolute Gasteiger partial charge is 0.302 e. The maximum Gasteiger partial charge on any atom is 0.302 e. The van der Waals surface area contributed by atoms with Gasteiger partial charge in [-0.05, 0) is 17.2 Å². The molecule has 0 aromatic heterocycles. The average Bonchev–Trinajstić information content (AvgIpc) is 2.50. The lowest BCUT2D eigenvalue weighted by atomic mass is 9.97. The minimum atomic E-state index is -1.19. The molecule has 1 amide bonds. The predicted molar refractivity (Wildman–Crippen MR) is 78.6 cm³/mol. The predicted octanol–water partition coefficient (Wildman–Crippen LogP) is 2.42. The van der Waals surface area contributed by atoms with Crippen LogP contribution in [0.25, 0.3) is 0 Å². The number of hydrogen-bond donors (Lipinski definition) is 0. The van der Waals surface area contributed by atoms with Crippen molar-refractivity contribution >= 4 is 11.6 Å². The number of anilines is 1. The van der Waals surface area contributed by atoms with Crippen LogP contribution in [0, 0.1) is 10.1 Å². The molecule has 1 aliphatic heterocycles. The summed E-state index contributed by atoms with van der Waals surface area (Å²) in [6.45, 7) is 0.348. The first-order valence-corrected chi connectivity index (χ1v) is 6.73. The molecule has 0 fully saturated rings. The van der Waals surface area contributed by atoms with E-state index in [0.717, 1.165) is 16.8 Å². The highest BCUT2D eigenvalue weighted by Crippen LogP contribution is 2.30. The number of fused-ring (bicyclic) bond motifs is 1. The van der Waals surface area contributed by atoms with Crippen LogP contribution in [0.1, 0.15) is 11.1 Å². The molecule has 1 atom stereocenters. The Bertz CT molecular complexity index is 685. The number of rotatable bonds is 3. The lowest BCUT2D eigenvalue weighted by molar-refractivity contribution is -0.507. The Hall–Kier alpha value is -2.69. The molecule has 5 heteroatoms. The Kier molecular flexibility index (Phi) is 3.39. The van der Waals surface area contributed by atoms with Crippen molar-refractivity contribution in [3.63, 3.8) is 0 Å².